The van der Waals surface area contributed by atoms with Gasteiger partial charge in [-0.1, -0.05) is 0 Å². The summed E-state index contributed by atoms with van der Waals surface area (Å²) < 4.78 is 5.28. The van der Waals surface area contributed by atoms with Gasteiger partial charge in [-0.05, 0) is 30.9 Å². The first kappa shape index (κ1) is 14.7. The summed E-state index contributed by atoms with van der Waals surface area (Å²) in [6.07, 6.45) is 3.39. The van der Waals surface area contributed by atoms with Crippen LogP contribution in [0.1, 0.15) is 12.8 Å². The molecule has 1 aromatic heterocycles. The number of aromatic nitrogens is 1. The minimum absolute atomic E-state index is 0.179. The highest BCUT2D eigenvalue weighted by molar-refractivity contribution is 5.94. The van der Waals surface area contributed by atoms with Crippen molar-refractivity contribution in [3.63, 3.8) is 0 Å². The Morgan fingerprint density at radius 3 is 2.70 bits per heavy atom. The van der Waals surface area contributed by atoms with E-state index in [0.717, 1.165) is 18.5 Å². The maximum atomic E-state index is 12.1. The van der Waals surface area contributed by atoms with Crippen LogP contribution in [-0.2, 0) is 9.53 Å². The summed E-state index contributed by atoms with van der Waals surface area (Å²) in [5, 5.41) is 2.77. The van der Waals surface area contributed by atoms with Crippen LogP contribution in [0.5, 0.6) is 0 Å². The van der Waals surface area contributed by atoms with Gasteiger partial charge in [-0.3, -0.25) is 4.79 Å². The van der Waals surface area contributed by atoms with Gasteiger partial charge in [0.05, 0.1) is 17.9 Å². The normalized spacial score (nSPS) is 17.6. The van der Waals surface area contributed by atoms with Gasteiger partial charge in [-0.2, -0.15) is 0 Å². The Morgan fingerprint density at radius 1 is 1.45 bits per heavy atom. The van der Waals surface area contributed by atoms with Gasteiger partial charge >= 0.3 is 0 Å². The minimum Gasteiger partial charge on any atom is -0.381 e. The van der Waals surface area contributed by atoms with Crippen molar-refractivity contribution in [2.24, 2.45) is 11.7 Å². The van der Waals surface area contributed by atoms with Crippen LogP contribution in [0.4, 0.5) is 11.5 Å². The maximum Gasteiger partial charge on any atom is 0.242 e. The molecule has 2 rings (SSSR count). The number of hydrogen-bond acceptors (Lipinski definition) is 5. The van der Waals surface area contributed by atoms with Crippen LogP contribution in [0.25, 0.3) is 0 Å². The lowest BCUT2D eigenvalue weighted by atomic mass is 9.92. The van der Waals surface area contributed by atoms with Crippen LogP contribution in [0.2, 0.25) is 0 Å². The summed E-state index contributed by atoms with van der Waals surface area (Å²) in [5.74, 6) is 0.537. The second-order valence-electron chi connectivity index (χ2n) is 5.26. The van der Waals surface area contributed by atoms with Crippen LogP contribution < -0.4 is 16.0 Å². The smallest absolute Gasteiger partial charge is 0.242 e. The quantitative estimate of drug-likeness (QED) is 0.853. The van der Waals surface area contributed by atoms with Crippen molar-refractivity contribution >= 4 is 17.4 Å². The lowest BCUT2D eigenvalue weighted by Crippen LogP contribution is -2.44. The van der Waals surface area contributed by atoms with E-state index >= 15 is 0 Å². The molecule has 1 amide bonds. The highest BCUT2D eigenvalue weighted by Crippen LogP contribution is 2.19. The van der Waals surface area contributed by atoms with E-state index in [-0.39, 0.29) is 11.8 Å². The topological polar surface area (TPSA) is 80.5 Å². The fourth-order valence-corrected chi connectivity index (χ4v) is 2.22. The number of rotatable bonds is 4. The first-order valence-corrected chi connectivity index (χ1v) is 6.85. The van der Waals surface area contributed by atoms with Crippen LogP contribution in [0.15, 0.2) is 18.3 Å². The molecule has 0 aromatic carbocycles. The van der Waals surface area contributed by atoms with Crippen LogP contribution in [-0.4, -0.2) is 44.2 Å². The molecule has 0 saturated carbocycles. The summed E-state index contributed by atoms with van der Waals surface area (Å²) in [7, 11) is 3.88. The second kappa shape index (κ2) is 6.67. The Hall–Kier alpha value is -1.66. The molecular formula is C14H22N4O2. The Bertz CT molecular complexity index is 441. The average molecular weight is 278 g/mol. The Kier molecular flexibility index (Phi) is 4.92. The maximum absolute atomic E-state index is 12.1. The van der Waals surface area contributed by atoms with Gasteiger partial charge in [-0.25, -0.2) is 4.98 Å². The van der Waals surface area contributed by atoms with Crippen molar-refractivity contribution in [3.05, 3.63) is 18.3 Å². The highest BCUT2D eigenvalue weighted by atomic mass is 16.5. The summed E-state index contributed by atoms with van der Waals surface area (Å²) in [4.78, 5) is 18.3. The van der Waals surface area contributed by atoms with E-state index in [1.165, 1.54) is 0 Å². The molecule has 1 unspecified atom stereocenters. The van der Waals surface area contributed by atoms with Crippen LogP contribution in [0.3, 0.4) is 0 Å². The molecule has 0 bridgehead atoms. The van der Waals surface area contributed by atoms with Gasteiger partial charge in [0.2, 0.25) is 5.91 Å². The van der Waals surface area contributed by atoms with Gasteiger partial charge in [0, 0.05) is 27.3 Å². The standard InChI is InChI=1S/C14H22N4O2/c1-18(2)11-3-4-12(16-9-11)17-14(19)13(15)10-5-7-20-8-6-10/h3-4,9-10,13H,5-8,15H2,1-2H3,(H,16,17,19). The largest absolute Gasteiger partial charge is 0.381 e. The summed E-state index contributed by atoms with van der Waals surface area (Å²) >= 11 is 0. The molecule has 1 aromatic rings. The average Bonchev–Trinajstić information content (AvgIpc) is 2.48. The molecular weight excluding hydrogens is 256 g/mol. The van der Waals surface area contributed by atoms with Crippen molar-refractivity contribution in [1.82, 2.24) is 4.98 Å². The van der Waals surface area contributed by atoms with Crippen LogP contribution in [0, 0.1) is 5.92 Å². The van der Waals surface area contributed by atoms with E-state index in [0.29, 0.717) is 19.0 Å². The SMILES string of the molecule is CN(C)c1ccc(NC(=O)C(N)C2CCOCC2)nc1. The zero-order valence-corrected chi connectivity index (χ0v) is 12.0. The molecule has 2 heterocycles. The Morgan fingerprint density at radius 2 is 2.15 bits per heavy atom. The molecule has 110 valence electrons. The number of carbonyl (C=O) groups excluding carboxylic acids is 1. The molecule has 1 atom stereocenters. The highest BCUT2D eigenvalue weighted by Gasteiger charge is 2.26. The summed E-state index contributed by atoms with van der Waals surface area (Å²) in [5.41, 5.74) is 7.00. The van der Waals surface area contributed by atoms with Gasteiger partial charge < -0.3 is 20.7 Å². The molecule has 3 N–H and O–H groups in total. The van der Waals surface area contributed by atoms with Crippen molar-refractivity contribution in [1.29, 1.82) is 0 Å². The molecule has 0 aliphatic carbocycles. The number of nitrogens with two attached hydrogens (primary N) is 1. The summed E-state index contributed by atoms with van der Waals surface area (Å²) in [6, 6.07) is 3.18. The molecule has 0 radical (unpaired) electrons. The van der Waals surface area contributed by atoms with E-state index < -0.39 is 6.04 Å². The van der Waals surface area contributed by atoms with E-state index in [9.17, 15) is 4.79 Å². The van der Waals surface area contributed by atoms with E-state index in [1.54, 1.807) is 12.3 Å². The number of amides is 1. The monoisotopic (exact) mass is 278 g/mol. The zero-order chi connectivity index (χ0) is 14.5. The number of hydrogen-bond donors (Lipinski definition) is 2. The molecule has 1 saturated heterocycles. The molecule has 0 spiro atoms. The number of nitrogens with zero attached hydrogens (tertiary/aromatic N) is 2. The number of pyridine rings is 1. The van der Waals surface area contributed by atoms with E-state index in [2.05, 4.69) is 10.3 Å². The molecule has 6 heteroatoms. The third-order valence-electron chi connectivity index (χ3n) is 3.59. The molecule has 1 aliphatic rings. The van der Waals surface area contributed by atoms with Gasteiger partial charge in [0.15, 0.2) is 0 Å². The fraction of sp³-hybridized carbons (Fsp3) is 0.571. The zero-order valence-electron chi connectivity index (χ0n) is 12.0. The summed E-state index contributed by atoms with van der Waals surface area (Å²) in [6.45, 7) is 1.36. The van der Waals surface area contributed by atoms with Crippen molar-refractivity contribution in [2.45, 2.75) is 18.9 Å². The van der Waals surface area contributed by atoms with Crippen molar-refractivity contribution in [3.8, 4) is 0 Å². The lowest BCUT2D eigenvalue weighted by molar-refractivity contribution is -0.119. The van der Waals surface area contributed by atoms with Gasteiger partial charge in [0.1, 0.15) is 5.82 Å². The second-order valence-corrected chi connectivity index (χ2v) is 5.26. The molecule has 20 heavy (non-hydrogen) atoms. The molecule has 6 nitrogen and oxygen atoms in total. The molecule has 1 fully saturated rings. The fourth-order valence-electron chi connectivity index (χ4n) is 2.22. The first-order valence-electron chi connectivity index (χ1n) is 6.85. The predicted octanol–water partition coefficient (Wildman–Crippen LogP) is 0.840. The third-order valence-corrected chi connectivity index (χ3v) is 3.59. The number of ether oxygens (including phenoxy) is 1. The predicted molar refractivity (Wildman–Crippen MR) is 78.7 cm³/mol. The van der Waals surface area contributed by atoms with Crippen molar-refractivity contribution in [2.75, 3.05) is 37.5 Å². The van der Waals surface area contributed by atoms with E-state index in [4.69, 9.17) is 10.5 Å². The van der Waals surface area contributed by atoms with Gasteiger partial charge in [0.25, 0.3) is 0 Å². The van der Waals surface area contributed by atoms with E-state index in [1.807, 2.05) is 25.1 Å². The number of anilines is 2. The van der Waals surface area contributed by atoms with Crippen molar-refractivity contribution < 1.29 is 9.53 Å². The van der Waals surface area contributed by atoms with Crippen LogP contribution >= 0.6 is 0 Å². The third kappa shape index (κ3) is 3.68. The lowest BCUT2D eigenvalue weighted by Gasteiger charge is -2.26. The first-order chi connectivity index (χ1) is 9.58. The number of carbonyl (C=O) groups is 1. The van der Waals surface area contributed by atoms with Gasteiger partial charge in [-0.15, -0.1) is 0 Å². The molecule has 1 aliphatic heterocycles. The Labute approximate surface area is 119 Å². The number of nitrogens with one attached hydrogen (secondary N) is 1. The minimum atomic E-state index is -0.505. The Balaban J connectivity index is 1.92.